The third-order valence-corrected chi connectivity index (χ3v) is 6.06. The molecule has 29 heavy (non-hydrogen) atoms. The van der Waals surface area contributed by atoms with Gasteiger partial charge in [-0.3, -0.25) is 4.79 Å². The largest absolute Gasteiger partial charge is 0.376 e. The van der Waals surface area contributed by atoms with Gasteiger partial charge >= 0.3 is 0 Å². The fourth-order valence-corrected chi connectivity index (χ4v) is 4.21. The van der Waals surface area contributed by atoms with E-state index in [9.17, 15) is 4.79 Å². The summed E-state index contributed by atoms with van der Waals surface area (Å²) >= 11 is 13.9. The van der Waals surface area contributed by atoms with Gasteiger partial charge in [-0.05, 0) is 48.2 Å². The van der Waals surface area contributed by atoms with Crippen molar-refractivity contribution in [2.24, 2.45) is 0 Å². The van der Waals surface area contributed by atoms with Crippen molar-refractivity contribution in [3.8, 4) is 0 Å². The van der Waals surface area contributed by atoms with Crippen molar-refractivity contribution < 1.29 is 4.79 Å². The number of thiazole rings is 1. The molecule has 0 saturated carbocycles. The first-order chi connectivity index (χ1) is 14.0. The lowest BCUT2D eigenvalue weighted by molar-refractivity contribution is -0.114. The predicted molar refractivity (Wildman–Crippen MR) is 124 cm³/mol. The van der Waals surface area contributed by atoms with E-state index >= 15 is 0 Å². The number of rotatable bonds is 9. The first kappa shape index (κ1) is 21.6. The molecule has 0 aliphatic carbocycles. The zero-order valence-corrected chi connectivity index (χ0v) is 18.5. The number of carbonyl (C=O) groups is 1. The van der Waals surface area contributed by atoms with E-state index in [1.54, 1.807) is 6.20 Å². The lowest BCUT2D eigenvalue weighted by atomic mass is 10.1. The maximum Gasteiger partial charge on any atom is 0.245 e. The van der Waals surface area contributed by atoms with E-state index in [0.29, 0.717) is 21.6 Å². The van der Waals surface area contributed by atoms with Crippen molar-refractivity contribution in [3.63, 3.8) is 0 Å². The van der Waals surface area contributed by atoms with Gasteiger partial charge in [-0.2, -0.15) is 0 Å². The van der Waals surface area contributed by atoms with Crippen LogP contribution in [0.3, 0.4) is 0 Å². The minimum absolute atomic E-state index is 0.142. The number of nitrogens with zero attached hydrogens (tertiary/aromatic N) is 1. The minimum Gasteiger partial charge on any atom is -0.376 e. The van der Waals surface area contributed by atoms with Crippen molar-refractivity contribution in [3.05, 3.63) is 74.7 Å². The van der Waals surface area contributed by atoms with Gasteiger partial charge in [0.1, 0.15) is 0 Å². The number of anilines is 2. The van der Waals surface area contributed by atoms with Gasteiger partial charge in [0.2, 0.25) is 5.91 Å². The first-order valence-corrected chi connectivity index (χ1v) is 11.1. The van der Waals surface area contributed by atoms with Gasteiger partial charge in [0, 0.05) is 33.2 Å². The van der Waals surface area contributed by atoms with Gasteiger partial charge in [-0.1, -0.05) is 54.7 Å². The molecule has 0 unspecified atom stereocenters. The highest BCUT2D eigenvalue weighted by atomic mass is 35.5. The molecule has 0 aliphatic rings. The average molecular weight is 448 g/mol. The summed E-state index contributed by atoms with van der Waals surface area (Å²) in [5, 5.41) is 7.78. The minimum atomic E-state index is -0.142. The number of hydrogen-bond acceptors (Lipinski definition) is 4. The fourth-order valence-electron chi connectivity index (χ4n) is 2.84. The average Bonchev–Trinajstić information content (AvgIpc) is 3.15. The van der Waals surface area contributed by atoms with Crippen LogP contribution in [-0.2, 0) is 17.6 Å². The summed E-state index contributed by atoms with van der Waals surface area (Å²) in [6.07, 6.45) is 5.78. The quantitative estimate of drug-likeness (QED) is 0.396. The van der Waals surface area contributed by atoms with Crippen LogP contribution in [0.2, 0.25) is 10.0 Å². The van der Waals surface area contributed by atoms with Crippen LogP contribution >= 0.6 is 34.5 Å². The normalized spacial score (nSPS) is 10.7. The van der Waals surface area contributed by atoms with Gasteiger partial charge in [0.15, 0.2) is 5.13 Å². The molecule has 2 aromatic carbocycles. The van der Waals surface area contributed by atoms with Crippen molar-refractivity contribution in [2.45, 2.75) is 32.6 Å². The van der Waals surface area contributed by atoms with Crippen LogP contribution in [0.25, 0.3) is 0 Å². The summed E-state index contributed by atoms with van der Waals surface area (Å²) in [6.45, 7) is 2.37. The van der Waals surface area contributed by atoms with Gasteiger partial charge in [0.05, 0.1) is 6.54 Å². The molecule has 0 spiro atoms. The van der Waals surface area contributed by atoms with Crippen LogP contribution in [0.1, 0.15) is 35.8 Å². The van der Waals surface area contributed by atoms with E-state index < -0.39 is 0 Å². The summed E-state index contributed by atoms with van der Waals surface area (Å²) < 4.78 is 0. The molecule has 1 amide bonds. The van der Waals surface area contributed by atoms with Crippen LogP contribution in [0.5, 0.6) is 0 Å². The molecule has 0 bridgehead atoms. The SMILES string of the molecule is CCCCc1ccc(NCC(=O)Nc2ncc(Cc3c(Cl)cccc3Cl)s2)cc1. The number of unbranched alkanes of at least 4 members (excludes halogenated alkanes) is 1. The van der Waals surface area contributed by atoms with Crippen LogP contribution < -0.4 is 10.6 Å². The summed E-state index contributed by atoms with van der Waals surface area (Å²) in [4.78, 5) is 17.5. The van der Waals surface area contributed by atoms with E-state index in [1.807, 2.05) is 30.3 Å². The highest BCUT2D eigenvalue weighted by Gasteiger charge is 2.11. The van der Waals surface area contributed by atoms with E-state index in [4.69, 9.17) is 23.2 Å². The highest BCUT2D eigenvalue weighted by molar-refractivity contribution is 7.15. The van der Waals surface area contributed by atoms with Crippen LogP contribution in [0.15, 0.2) is 48.7 Å². The van der Waals surface area contributed by atoms with Gasteiger partial charge in [-0.15, -0.1) is 11.3 Å². The van der Waals surface area contributed by atoms with Crippen LogP contribution in [-0.4, -0.2) is 17.4 Å². The number of carbonyl (C=O) groups excluding carboxylic acids is 1. The molecule has 3 aromatic rings. The molecular formula is C22H23Cl2N3OS. The van der Waals surface area contributed by atoms with Gasteiger partial charge in [-0.25, -0.2) is 4.98 Å². The topological polar surface area (TPSA) is 54.0 Å². The molecule has 0 atom stereocenters. The summed E-state index contributed by atoms with van der Waals surface area (Å²) in [7, 11) is 0. The van der Waals surface area contributed by atoms with Crippen LogP contribution in [0, 0.1) is 0 Å². The second kappa shape index (κ2) is 10.6. The lowest BCUT2D eigenvalue weighted by Gasteiger charge is -2.07. The number of amides is 1. The van der Waals surface area contributed by atoms with Crippen molar-refractivity contribution in [1.29, 1.82) is 0 Å². The van der Waals surface area contributed by atoms with Crippen molar-refractivity contribution in [1.82, 2.24) is 4.98 Å². The number of aryl methyl sites for hydroxylation is 1. The Labute approximate surface area is 185 Å². The standard InChI is InChI=1S/C22H23Cl2N3OS/c1-2-3-5-15-8-10-16(11-9-15)25-14-21(28)27-22-26-13-17(29-22)12-18-19(23)6-4-7-20(18)24/h4,6-11,13,25H,2-3,5,12,14H2,1H3,(H,26,27,28). The Morgan fingerprint density at radius 2 is 1.83 bits per heavy atom. The second-order valence-corrected chi connectivity index (χ2v) is 8.64. The number of benzene rings is 2. The smallest absolute Gasteiger partial charge is 0.245 e. The molecule has 7 heteroatoms. The monoisotopic (exact) mass is 447 g/mol. The predicted octanol–water partition coefficient (Wildman–Crippen LogP) is 6.43. The fraction of sp³-hybridized carbons (Fsp3) is 0.273. The molecule has 2 N–H and O–H groups in total. The third-order valence-electron chi connectivity index (χ3n) is 4.44. The molecule has 0 saturated heterocycles. The Morgan fingerprint density at radius 3 is 2.52 bits per heavy atom. The number of halogens is 2. The molecule has 0 radical (unpaired) electrons. The Kier molecular flexibility index (Phi) is 7.92. The molecule has 4 nitrogen and oxygen atoms in total. The molecule has 1 aromatic heterocycles. The van der Waals surface area contributed by atoms with Crippen molar-refractivity contribution in [2.75, 3.05) is 17.2 Å². The van der Waals surface area contributed by atoms with E-state index in [1.165, 1.54) is 29.7 Å². The van der Waals surface area contributed by atoms with Crippen molar-refractivity contribution >= 4 is 51.3 Å². The molecule has 0 aliphatic heterocycles. The van der Waals surface area contributed by atoms with E-state index in [0.717, 1.165) is 22.5 Å². The molecule has 3 rings (SSSR count). The number of aromatic nitrogens is 1. The Morgan fingerprint density at radius 1 is 1.10 bits per heavy atom. The molecule has 0 fully saturated rings. The maximum atomic E-state index is 12.2. The second-order valence-electron chi connectivity index (χ2n) is 6.71. The lowest BCUT2D eigenvalue weighted by Crippen LogP contribution is -2.21. The summed E-state index contributed by atoms with van der Waals surface area (Å²) in [5.74, 6) is -0.142. The number of nitrogens with one attached hydrogen (secondary N) is 2. The van der Waals surface area contributed by atoms with Gasteiger partial charge < -0.3 is 10.6 Å². The number of hydrogen-bond donors (Lipinski definition) is 2. The zero-order valence-electron chi connectivity index (χ0n) is 16.2. The summed E-state index contributed by atoms with van der Waals surface area (Å²) in [5.41, 5.74) is 3.10. The Bertz CT molecular complexity index is 937. The first-order valence-electron chi connectivity index (χ1n) is 9.55. The van der Waals surface area contributed by atoms with Gasteiger partial charge in [0.25, 0.3) is 0 Å². The highest BCUT2D eigenvalue weighted by Crippen LogP contribution is 2.29. The Balaban J connectivity index is 1.50. The molecule has 152 valence electrons. The zero-order chi connectivity index (χ0) is 20.6. The Hall–Kier alpha value is -2.08. The summed E-state index contributed by atoms with van der Waals surface area (Å²) in [6, 6.07) is 13.7. The van der Waals surface area contributed by atoms with E-state index in [2.05, 4.69) is 34.7 Å². The maximum absolute atomic E-state index is 12.2. The van der Waals surface area contributed by atoms with Crippen LogP contribution in [0.4, 0.5) is 10.8 Å². The molecular weight excluding hydrogens is 425 g/mol. The third kappa shape index (κ3) is 6.46. The molecule has 1 heterocycles. The van der Waals surface area contributed by atoms with E-state index in [-0.39, 0.29) is 12.5 Å².